The van der Waals surface area contributed by atoms with E-state index in [-0.39, 0.29) is 12.5 Å². The maximum absolute atomic E-state index is 12.0. The van der Waals surface area contributed by atoms with E-state index in [0.29, 0.717) is 13.0 Å². The summed E-state index contributed by atoms with van der Waals surface area (Å²) in [6, 6.07) is 16.4. The van der Waals surface area contributed by atoms with E-state index in [4.69, 9.17) is 9.84 Å². The Morgan fingerprint density at radius 3 is 2.26 bits per heavy atom. The van der Waals surface area contributed by atoms with Crippen molar-refractivity contribution in [1.29, 1.82) is 0 Å². The molecule has 0 aromatic heterocycles. The maximum Gasteiger partial charge on any atom is 0.407 e. The van der Waals surface area contributed by atoms with Crippen molar-refractivity contribution in [1.82, 2.24) is 5.32 Å². The second-order valence-electron chi connectivity index (χ2n) is 6.17. The molecule has 0 bridgehead atoms. The molecule has 0 heterocycles. The Bertz CT molecular complexity index is 840. The third kappa shape index (κ3) is 4.64. The number of allylic oxidation sites excluding steroid dienone is 2. The number of aliphatic carboxylic acids is 1. The SMILES string of the molecule is O=C(O)C=CC=CCCNC(=O)OCC1c2ccccc2-c2ccccc21. The molecule has 0 spiro atoms. The van der Waals surface area contributed by atoms with Crippen molar-refractivity contribution in [2.45, 2.75) is 12.3 Å². The zero-order valence-electron chi connectivity index (χ0n) is 14.8. The van der Waals surface area contributed by atoms with Gasteiger partial charge < -0.3 is 15.2 Å². The quantitative estimate of drug-likeness (QED) is 0.441. The Hall–Kier alpha value is -3.34. The molecule has 5 nitrogen and oxygen atoms in total. The largest absolute Gasteiger partial charge is 0.478 e. The van der Waals surface area contributed by atoms with Crippen LogP contribution in [0.2, 0.25) is 0 Å². The van der Waals surface area contributed by atoms with Gasteiger partial charge in [-0.05, 0) is 28.7 Å². The predicted octanol–water partition coefficient (Wildman–Crippen LogP) is 4.11. The van der Waals surface area contributed by atoms with Crippen molar-refractivity contribution in [3.05, 3.63) is 84.0 Å². The van der Waals surface area contributed by atoms with Gasteiger partial charge in [0, 0.05) is 18.5 Å². The lowest BCUT2D eigenvalue weighted by Crippen LogP contribution is -2.26. The third-order valence-corrected chi connectivity index (χ3v) is 4.41. The first kappa shape index (κ1) is 18.5. The lowest BCUT2D eigenvalue weighted by Gasteiger charge is -2.14. The van der Waals surface area contributed by atoms with Crippen molar-refractivity contribution < 1.29 is 19.4 Å². The number of carbonyl (C=O) groups is 2. The summed E-state index contributed by atoms with van der Waals surface area (Å²) in [7, 11) is 0. The van der Waals surface area contributed by atoms with Gasteiger partial charge in [-0.15, -0.1) is 0 Å². The molecule has 0 radical (unpaired) electrons. The van der Waals surface area contributed by atoms with Gasteiger partial charge in [0.05, 0.1) is 0 Å². The molecule has 0 unspecified atom stereocenters. The summed E-state index contributed by atoms with van der Waals surface area (Å²) in [5.74, 6) is -0.944. The molecule has 1 aliphatic carbocycles. The van der Waals surface area contributed by atoms with Gasteiger partial charge in [0.2, 0.25) is 0 Å². The molecule has 3 rings (SSSR count). The Morgan fingerprint density at radius 1 is 1.00 bits per heavy atom. The predicted molar refractivity (Wildman–Crippen MR) is 104 cm³/mol. The van der Waals surface area contributed by atoms with Gasteiger partial charge in [-0.25, -0.2) is 9.59 Å². The van der Waals surface area contributed by atoms with Crippen LogP contribution < -0.4 is 5.32 Å². The number of ether oxygens (including phenoxy) is 1. The number of carboxylic acids is 1. The van der Waals surface area contributed by atoms with Gasteiger partial charge in [0.15, 0.2) is 0 Å². The second kappa shape index (κ2) is 8.85. The van der Waals surface area contributed by atoms with E-state index >= 15 is 0 Å². The molecule has 0 atom stereocenters. The maximum atomic E-state index is 12.0. The fourth-order valence-electron chi connectivity index (χ4n) is 3.22. The van der Waals surface area contributed by atoms with Gasteiger partial charge >= 0.3 is 12.1 Å². The first-order valence-electron chi connectivity index (χ1n) is 8.82. The van der Waals surface area contributed by atoms with E-state index in [9.17, 15) is 9.59 Å². The monoisotopic (exact) mass is 363 g/mol. The Labute approximate surface area is 158 Å². The number of rotatable bonds is 7. The number of nitrogens with one attached hydrogen (secondary N) is 1. The standard InChI is InChI=1S/C22H21NO4/c24-21(25)13-3-1-2-8-14-23-22(26)27-15-20-18-11-6-4-9-16(18)17-10-5-7-12-19(17)20/h1-7,9-13,20H,8,14-15H2,(H,23,26)(H,24,25). The molecular formula is C22H21NO4. The lowest BCUT2D eigenvalue weighted by molar-refractivity contribution is -0.131. The van der Waals surface area contributed by atoms with E-state index in [1.807, 2.05) is 24.3 Å². The molecule has 5 heteroatoms. The van der Waals surface area contributed by atoms with E-state index in [0.717, 1.165) is 6.08 Å². The number of hydrogen-bond acceptors (Lipinski definition) is 3. The minimum Gasteiger partial charge on any atom is -0.478 e. The Balaban J connectivity index is 1.50. The number of hydrogen-bond donors (Lipinski definition) is 2. The van der Waals surface area contributed by atoms with Crippen LogP contribution in [0.5, 0.6) is 0 Å². The topological polar surface area (TPSA) is 75.6 Å². The van der Waals surface area contributed by atoms with E-state index in [1.54, 1.807) is 12.2 Å². The first-order valence-corrected chi connectivity index (χ1v) is 8.82. The summed E-state index contributed by atoms with van der Waals surface area (Å²) in [4.78, 5) is 22.3. The Morgan fingerprint density at radius 2 is 1.63 bits per heavy atom. The van der Waals surface area contributed by atoms with Crippen LogP contribution >= 0.6 is 0 Å². The van der Waals surface area contributed by atoms with Crippen molar-refractivity contribution in [3.8, 4) is 11.1 Å². The van der Waals surface area contributed by atoms with Crippen molar-refractivity contribution in [3.63, 3.8) is 0 Å². The van der Waals surface area contributed by atoms with E-state index < -0.39 is 12.1 Å². The lowest BCUT2D eigenvalue weighted by atomic mass is 9.98. The summed E-state index contributed by atoms with van der Waals surface area (Å²) in [6.07, 6.45) is 6.04. The molecule has 138 valence electrons. The summed E-state index contributed by atoms with van der Waals surface area (Å²) in [6.45, 7) is 0.713. The molecular weight excluding hydrogens is 342 g/mol. The smallest absolute Gasteiger partial charge is 0.407 e. The summed E-state index contributed by atoms with van der Waals surface area (Å²) in [5, 5.41) is 11.2. The molecule has 2 N–H and O–H groups in total. The number of amides is 1. The zero-order chi connectivity index (χ0) is 19.1. The van der Waals surface area contributed by atoms with E-state index in [2.05, 4.69) is 29.6 Å². The van der Waals surface area contributed by atoms with Gasteiger partial charge in [-0.3, -0.25) is 0 Å². The van der Waals surface area contributed by atoms with Crippen molar-refractivity contribution in [2.75, 3.05) is 13.2 Å². The summed E-state index contributed by atoms with van der Waals surface area (Å²) >= 11 is 0. The zero-order valence-corrected chi connectivity index (χ0v) is 14.8. The number of carboxylic acid groups (broad SMARTS) is 1. The minimum atomic E-state index is -0.989. The normalized spacial score (nSPS) is 12.9. The summed E-state index contributed by atoms with van der Waals surface area (Å²) in [5.41, 5.74) is 4.75. The van der Waals surface area contributed by atoms with Crippen LogP contribution in [0.25, 0.3) is 11.1 Å². The number of fused-ring (bicyclic) bond motifs is 3. The fourth-order valence-corrected chi connectivity index (χ4v) is 3.22. The third-order valence-electron chi connectivity index (χ3n) is 4.41. The van der Waals surface area contributed by atoms with Gasteiger partial charge in [0.1, 0.15) is 6.61 Å². The molecule has 0 saturated carbocycles. The van der Waals surface area contributed by atoms with Crippen molar-refractivity contribution >= 4 is 12.1 Å². The van der Waals surface area contributed by atoms with Crippen LogP contribution in [0.15, 0.2) is 72.8 Å². The highest BCUT2D eigenvalue weighted by Gasteiger charge is 2.28. The molecule has 1 amide bonds. The average molecular weight is 363 g/mol. The average Bonchev–Trinajstić information content (AvgIpc) is 2.99. The molecule has 2 aromatic rings. The van der Waals surface area contributed by atoms with Crippen LogP contribution in [0, 0.1) is 0 Å². The molecule has 0 saturated heterocycles. The molecule has 0 aliphatic heterocycles. The molecule has 27 heavy (non-hydrogen) atoms. The highest BCUT2D eigenvalue weighted by atomic mass is 16.5. The van der Waals surface area contributed by atoms with Crippen LogP contribution in [-0.4, -0.2) is 30.3 Å². The highest BCUT2D eigenvalue weighted by Crippen LogP contribution is 2.44. The van der Waals surface area contributed by atoms with Crippen molar-refractivity contribution in [2.24, 2.45) is 0 Å². The highest BCUT2D eigenvalue weighted by molar-refractivity contribution is 5.80. The number of alkyl carbamates (subject to hydrolysis) is 1. The van der Waals surface area contributed by atoms with Gasteiger partial charge in [0.25, 0.3) is 0 Å². The summed E-state index contributed by atoms with van der Waals surface area (Å²) < 4.78 is 5.43. The fraction of sp³-hybridized carbons (Fsp3) is 0.182. The molecule has 2 aromatic carbocycles. The number of benzene rings is 2. The van der Waals surface area contributed by atoms with Crippen LogP contribution in [0.3, 0.4) is 0 Å². The minimum absolute atomic E-state index is 0.0456. The van der Waals surface area contributed by atoms with Gasteiger partial charge in [-0.2, -0.15) is 0 Å². The molecule has 1 aliphatic rings. The van der Waals surface area contributed by atoms with Crippen LogP contribution in [-0.2, 0) is 9.53 Å². The van der Waals surface area contributed by atoms with Gasteiger partial charge in [-0.1, -0.05) is 66.8 Å². The Kier molecular flexibility index (Phi) is 6.05. The number of carbonyl (C=O) groups excluding carboxylic acids is 1. The second-order valence-corrected chi connectivity index (χ2v) is 6.17. The molecule has 0 fully saturated rings. The van der Waals surface area contributed by atoms with E-state index in [1.165, 1.54) is 28.3 Å². The first-order chi connectivity index (χ1) is 13.2. The van der Waals surface area contributed by atoms with Crippen LogP contribution in [0.4, 0.5) is 4.79 Å². The van der Waals surface area contributed by atoms with Crippen LogP contribution in [0.1, 0.15) is 23.5 Å².